The largest absolute Gasteiger partial charge is 0.479 e. The molecule has 1 heterocycles. The fourth-order valence-corrected chi connectivity index (χ4v) is 1.69. The predicted molar refractivity (Wildman–Crippen MR) is 51.6 cm³/mol. The standard InChI is InChI=1S/C11H12O3/c1-7-2-4-9-8(6-7)3-5-10(14-9)11(12)13/h2,4,6,10H,3,5H2,1H3,(H,12,13)/t10-/m1/s1. The molecule has 0 saturated carbocycles. The van der Waals surface area contributed by atoms with E-state index < -0.39 is 12.1 Å². The Balaban J connectivity index is 2.27. The number of benzene rings is 1. The van der Waals surface area contributed by atoms with Gasteiger partial charge in [0.25, 0.3) is 0 Å². The van der Waals surface area contributed by atoms with E-state index in [-0.39, 0.29) is 0 Å². The van der Waals surface area contributed by atoms with Crippen molar-refractivity contribution in [1.29, 1.82) is 0 Å². The van der Waals surface area contributed by atoms with Crippen LogP contribution in [-0.4, -0.2) is 17.2 Å². The molecule has 0 aromatic heterocycles. The molecule has 2 rings (SSSR count). The van der Waals surface area contributed by atoms with Crippen molar-refractivity contribution in [3.63, 3.8) is 0 Å². The molecule has 3 nitrogen and oxygen atoms in total. The zero-order valence-corrected chi connectivity index (χ0v) is 7.99. The molecule has 1 atom stereocenters. The molecule has 1 aliphatic heterocycles. The lowest BCUT2D eigenvalue weighted by molar-refractivity contribution is -0.145. The smallest absolute Gasteiger partial charge is 0.344 e. The molecule has 0 spiro atoms. The molecule has 1 N–H and O–H groups in total. The molecule has 0 amide bonds. The van der Waals surface area contributed by atoms with Gasteiger partial charge in [-0.05, 0) is 31.4 Å². The Kier molecular flexibility index (Phi) is 2.15. The summed E-state index contributed by atoms with van der Waals surface area (Å²) < 4.78 is 5.35. The summed E-state index contributed by atoms with van der Waals surface area (Å²) in [7, 11) is 0. The lowest BCUT2D eigenvalue weighted by atomic mass is 10.0. The molecule has 0 aliphatic carbocycles. The molecule has 0 bridgehead atoms. The third-order valence-electron chi connectivity index (χ3n) is 2.44. The van der Waals surface area contributed by atoms with Crippen molar-refractivity contribution in [2.24, 2.45) is 0 Å². The second kappa shape index (κ2) is 3.33. The minimum atomic E-state index is -0.878. The average molecular weight is 192 g/mol. The van der Waals surface area contributed by atoms with Gasteiger partial charge in [-0.2, -0.15) is 0 Å². The van der Waals surface area contributed by atoms with Gasteiger partial charge in [-0.15, -0.1) is 0 Å². The van der Waals surface area contributed by atoms with Crippen molar-refractivity contribution < 1.29 is 14.6 Å². The Bertz CT molecular complexity index is 371. The van der Waals surface area contributed by atoms with Gasteiger partial charge >= 0.3 is 5.97 Å². The Morgan fingerprint density at radius 3 is 3.07 bits per heavy atom. The number of ether oxygens (including phenoxy) is 1. The summed E-state index contributed by atoms with van der Waals surface area (Å²) in [4.78, 5) is 10.7. The maximum absolute atomic E-state index is 10.7. The summed E-state index contributed by atoms with van der Waals surface area (Å²) in [6.07, 6.45) is 0.671. The first-order valence-electron chi connectivity index (χ1n) is 4.66. The monoisotopic (exact) mass is 192 g/mol. The van der Waals surface area contributed by atoms with Gasteiger partial charge < -0.3 is 9.84 Å². The number of rotatable bonds is 1. The quantitative estimate of drug-likeness (QED) is 0.737. The van der Waals surface area contributed by atoms with Gasteiger partial charge in [-0.25, -0.2) is 4.79 Å². The first kappa shape index (κ1) is 9.06. The van der Waals surface area contributed by atoms with Crippen molar-refractivity contribution in [2.45, 2.75) is 25.9 Å². The highest BCUT2D eigenvalue weighted by molar-refractivity contribution is 5.73. The zero-order chi connectivity index (χ0) is 10.1. The van der Waals surface area contributed by atoms with Gasteiger partial charge in [0, 0.05) is 0 Å². The highest BCUT2D eigenvalue weighted by Crippen LogP contribution is 2.28. The number of hydrogen-bond donors (Lipinski definition) is 1. The third kappa shape index (κ3) is 1.58. The number of hydrogen-bond acceptors (Lipinski definition) is 2. The molecule has 74 valence electrons. The molecule has 0 saturated heterocycles. The topological polar surface area (TPSA) is 46.5 Å². The van der Waals surface area contributed by atoms with Gasteiger partial charge in [0.15, 0.2) is 6.10 Å². The SMILES string of the molecule is Cc1ccc2c(c1)CC[C@H](C(=O)O)O2. The molecular weight excluding hydrogens is 180 g/mol. The lowest BCUT2D eigenvalue weighted by Gasteiger charge is -2.23. The minimum absolute atomic E-state index is 0.561. The van der Waals surface area contributed by atoms with Gasteiger partial charge in [-0.1, -0.05) is 17.7 Å². The van der Waals surface area contributed by atoms with E-state index in [0.29, 0.717) is 12.2 Å². The maximum atomic E-state index is 10.7. The van der Waals surface area contributed by atoms with Crippen LogP contribution in [0.15, 0.2) is 18.2 Å². The zero-order valence-electron chi connectivity index (χ0n) is 7.99. The van der Waals surface area contributed by atoms with Crippen molar-refractivity contribution >= 4 is 5.97 Å². The first-order chi connectivity index (χ1) is 6.66. The summed E-state index contributed by atoms with van der Waals surface area (Å²) in [5.41, 5.74) is 2.30. The second-order valence-electron chi connectivity index (χ2n) is 3.59. The van der Waals surface area contributed by atoms with Crippen LogP contribution in [-0.2, 0) is 11.2 Å². The molecule has 3 heteroatoms. The van der Waals surface area contributed by atoms with E-state index >= 15 is 0 Å². The van der Waals surface area contributed by atoms with Crippen LogP contribution in [0.25, 0.3) is 0 Å². The summed E-state index contributed by atoms with van der Waals surface area (Å²) in [6.45, 7) is 2.02. The Labute approximate surface area is 82.3 Å². The van der Waals surface area contributed by atoms with Crippen LogP contribution >= 0.6 is 0 Å². The van der Waals surface area contributed by atoms with Crippen LogP contribution in [0, 0.1) is 6.92 Å². The normalized spacial score (nSPS) is 19.6. The number of aliphatic carboxylic acids is 1. The van der Waals surface area contributed by atoms with Crippen LogP contribution in [0.1, 0.15) is 17.5 Å². The fourth-order valence-electron chi connectivity index (χ4n) is 1.69. The maximum Gasteiger partial charge on any atom is 0.344 e. The van der Waals surface area contributed by atoms with Crippen LogP contribution < -0.4 is 4.74 Å². The van der Waals surface area contributed by atoms with Crippen molar-refractivity contribution in [2.75, 3.05) is 0 Å². The average Bonchev–Trinajstić information content (AvgIpc) is 2.16. The second-order valence-corrected chi connectivity index (χ2v) is 3.59. The van der Waals surface area contributed by atoms with Crippen molar-refractivity contribution in [3.05, 3.63) is 29.3 Å². The molecule has 1 aromatic carbocycles. The Morgan fingerprint density at radius 1 is 1.57 bits per heavy atom. The van der Waals surface area contributed by atoms with E-state index in [9.17, 15) is 4.79 Å². The summed E-state index contributed by atoms with van der Waals surface area (Å²) in [6, 6.07) is 5.83. The van der Waals surface area contributed by atoms with E-state index in [0.717, 1.165) is 12.0 Å². The minimum Gasteiger partial charge on any atom is -0.479 e. The van der Waals surface area contributed by atoms with Crippen LogP contribution in [0.5, 0.6) is 5.75 Å². The lowest BCUT2D eigenvalue weighted by Crippen LogP contribution is -2.30. The van der Waals surface area contributed by atoms with Crippen LogP contribution in [0.2, 0.25) is 0 Å². The Hall–Kier alpha value is -1.51. The van der Waals surface area contributed by atoms with Gasteiger partial charge in [0.2, 0.25) is 0 Å². The van der Waals surface area contributed by atoms with Gasteiger partial charge in [-0.3, -0.25) is 0 Å². The van der Waals surface area contributed by atoms with E-state index in [2.05, 4.69) is 0 Å². The number of fused-ring (bicyclic) bond motifs is 1. The van der Waals surface area contributed by atoms with Crippen LogP contribution in [0.4, 0.5) is 0 Å². The number of carbonyl (C=O) groups is 1. The fraction of sp³-hybridized carbons (Fsp3) is 0.364. The van der Waals surface area contributed by atoms with E-state index in [1.165, 1.54) is 5.56 Å². The van der Waals surface area contributed by atoms with E-state index in [1.807, 2.05) is 25.1 Å². The third-order valence-corrected chi connectivity index (χ3v) is 2.44. The van der Waals surface area contributed by atoms with Crippen LogP contribution in [0.3, 0.4) is 0 Å². The van der Waals surface area contributed by atoms with Crippen molar-refractivity contribution in [1.82, 2.24) is 0 Å². The summed E-state index contributed by atoms with van der Waals surface area (Å²) in [5.74, 6) is -0.162. The van der Waals surface area contributed by atoms with Crippen molar-refractivity contribution in [3.8, 4) is 5.75 Å². The summed E-state index contributed by atoms with van der Waals surface area (Å²) >= 11 is 0. The molecule has 1 aromatic rings. The predicted octanol–water partition coefficient (Wildman–Crippen LogP) is 1.77. The molecular formula is C11H12O3. The van der Waals surface area contributed by atoms with Gasteiger partial charge in [0.05, 0.1) is 0 Å². The van der Waals surface area contributed by atoms with E-state index in [4.69, 9.17) is 9.84 Å². The highest BCUT2D eigenvalue weighted by Gasteiger charge is 2.25. The molecule has 1 aliphatic rings. The number of aryl methyl sites for hydroxylation is 2. The number of carboxylic acid groups (broad SMARTS) is 1. The first-order valence-corrected chi connectivity index (χ1v) is 4.66. The summed E-state index contributed by atoms with van der Waals surface area (Å²) in [5, 5.41) is 8.79. The van der Waals surface area contributed by atoms with E-state index in [1.54, 1.807) is 0 Å². The number of carboxylic acids is 1. The van der Waals surface area contributed by atoms with Gasteiger partial charge in [0.1, 0.15) is 5.75 Å². The Morgan fingerprint density at radius 2 is 2.36 bits per heavy atom. The molecule has 0 radical (unpaired) electrons. The molecule has 14 heavy (non-hydrogen) atoms. The molecule has 0 fully saturated rings. The highest BCUT2D eigenvalue weighted by atomic mass is 16.5. The molecule has 0 unspecified atom stereocenters.